The predicted octanol–water partition coefficient (Wildman–Crippen LogP) is 4.26. The summed E-state index contributed by atoms with van der Waals surface area (Å²) in [5.74, 6) is -0.382. The summed E-state index contributed by atoms with van der Waals surface area (Å²) in [4.78, 5) is 27.8. The van der Waals surface area contributed by atoms with E-state index < -0.39 is 5.91 Å². The van der Waals surface area contributed by atoms with Crippen molar-refractivity contribution in [2.75, 3.05) is 16.8 Å². The van der Waals surface area contributed by atoms with Crippen LogP contribution in [0.2, 0.25) is 10.0 Å². The van der Waals surface area contributed by atoms with Crippen LogP contribution in [0.15, 0.2) is 42.5 Å². The predicted molar refractivity (Wildman–Crippen MR) is 112 cm³/mol. The summed E-state index contributed by atoms with van der Waals surface area (Å²) < 4.78 is 0. The summed E-state index contributed by atoms with van der Waals surface area (Å²) >= 11 is 12.3. The van der Waals surface area contributed by atoms with Crippen molar-refractivity contribution < 1.29 is 9.59 Å². The molecule has 0 unspecified atom stereocenters. The van der Waals surface area contributed by atoms with Crippen molar-refractivity contribution in [1.82, 2.24) is 15.0 Å². The number of hydrogen-bond donors (Lipinski definition) is 1. The number of carbonyl (C=O) groups is 2. The molecule has 0 aliphatic carbocycles. The van der Waals surface area contributed by atoms with Crippen LogP contribution >= 0.6 is 23.2 Å². The van der Waals surface area contributed by atoms with Crippen LogP contribution in [0.5, 0.6) is 0 Å². The average molecular weight is 430 g/mol. The minimum Gasteiger partial charge on any atom is -0.319 e. The Balaban J connectivity index is 1.59. The molecule has 0 saturated carbocycles. The second-order valence-corrected chi connectivity index (χ2v) is 7.51. The first-order chi connectivity index (χ1) is 13.9. The van der Waals surface area contributed by atoms with Gasteiger partial charge >= 0.3 is 0 Å². The number of benzene rings is 2. The van der Waals surface area contributed by atoms with Crippen molar-refractivity contribution in [3.63, 3.8) is 0 Å². The molecule has 2 aromatic carbocycles. The average Bonchev–Trinajstić information content (AvgIpc) is 3.29. The van der Waals surface area contributed by atoms with Crippen LogP contribution in [-0.2, 0) is 4.79 Å². The largest absolute Gasteiger partial charge is 0.319 e. The quantitative estimate of drug-likeness (QED) is 0.671. The number of nitrogens with one attached hydrogen (secondary N) is 1. The molecule has 0 bridgehead atoms. The van der Waals surface area contributed by atoms with E-state index in [1.165, 1.54) is 4.80 Å². The van der Waals surface area contributed by atoms with Gasteiger partial charge in [0.05, 0.1) is 22.1 Å². The summed E-state index contributed by atoms with van der Waals surface area (Å²) in [6.07, 6.45) is 1.34. The zero-order valence-corrected chi connectivity index (χ0v) is 17.0. The van der Waals surface area contributed by atoms with Gasteiger partial charge in [-0.2, -0.15) is 9.90 Å². The third-order valence-corrected chi connectivity index (χ3v) is 5.18. The SMILES string of the molecule is Cc1nn(-c2cccc(Cl)c2)nc1C(=O)Nc1cc(N2CCCC2=O)ccc1Cl. The highest BCUT2D eigenvalue weighted by atomic mass is 35.5. The topological polar surface area (TPSA) is 80.1 Å². The van der Waals surface area contributed by atoms with E-state index in [1.54, 1.807) is 54.3 Å². The molecule has 4 rings (SSSR count). The fraction of sp³-hybridized carbons (Fsp3) is 0.200. The van der Waals surface area contributed by atoms with Gasteiger partial charge in [-0.05, 0) is 49.7 Å². The van der Waals surface area contributed by atoms with Crippen LogP contribution in [0, 0.1) is 6.92 Å². The smallest absolute Gasteiger partial charge is 0.278 e. The maximum Gasteiger partial charge on any atom is 0.278 e. The van der Waals surface area contributed by atoms with Crippen LogP contribution < -0.4 is 10.2 Å². The lowest BCUT2D eigenvalue weighted by molar-refractivity contribution is -0.117. The summed E-state index contributed by atoms with van der Waals surface area (Å²) in [6, 6.07) is 12.1. The molecule has 1 aliphatic heterocycles. The molecule has 7 nitrogen and oxygen atoms in total. The van der Waals surface area contributed by atoms with E-state index in [2.05, 4.69) is 15.5 Å². The first-order valence-electron chi connectivity index (χ1n) is 9.03. The number of rotatable bonds is 4. The fourth-order valence-corrected chi connectivity index (χ4v) is 3.53. The molecule has 0 atom stereocenters. The van der Waals surface area contributed by atoms with E-state index in [4.69, 9.17) is 23.2 Å². The summed E-state index contributed by atoms with van der Waals surface area (Å²) in [6.45, 7) is 2.35. The number of aromatic nitrogens is 3. The van der Waals surface area contributed by atoms with Gasteiger partial charge in [-0.15, -0.1) is 5.10 Å². The van der Waals surface area contributed by atoms with E-state index >= 15 is 0 Å². The molecule has 148 valence electrons. The highest BCUT2D eigenvalue weighted by Crippen LogP contribution is 2.30. The summed E-state index contributed by atoms with van der Waals surface area (Å²) in [7, 11) is 0. The van der Waals surface area contributed by atoms with Gasteiger partial charge in [-0.1, -0.05) is 29.3 Å². The van der Waals surface area contributed by atoms with Gasteiger partial charge in [-0.3, -0.25) is 9.59 Å². The third-order valence-electron chi connectivity index (χ3n) is 4.62. The molecule has 1 aromatic heterocycles. The van der Waals surface area contributed by atoms with Gasteiger partial charge in [-0.25, -0.2) is 0 Å². The molecule has 2 amide bonds. The van der Waals surface area contributed by atoms with E-state index in [1.807, 2.05) is 0 Å². The molecule has 3 aromatic rings. The van der Waals surface area contributed by atoms with Gasteiger partial charge in [0.1, 0.15) is 0 Å². The van der Waals surface area contributed by atoms with E-state index in [0.29, 0.717) is 45.8 Å². The van der Waals surface area contributed by atoms with Crippen molar-refractivity contribution in [3.8, 4) is 5.69 Å². The van der Waals surface area contributed by atoms with Gasteiger partial charge in [0.25, 0.3) is 5.91 Å². The normalized spacial score (nSPS) is 13.8. The number of nitrogens with zero attached hydrogens (tertiary/aromatic N) is 4. The Bertz CT molecular complexity index is 1110. The van der Waals surface area contributed by atoms with Crippen LogP contribution in [0.25, 0.3) is 5.69 Å². The van der Waals surface area contributed by atoms with Crippen molar-refractivity contribution in [2.24, 2.45) is 0 Å². The molecule has 0 radical (unpaired) electrons. The molecule has 1 saturated heterocycles. The highest BCUT2D eigenvalue weighted by molar-refractivity contribution is 6.34. The van der Waals surface area contributed by atoms with Crippen LogP contribution in [0.1, 0.15) is 29.0 Å². The molecule has 0 spiro atoms. The standard InChI is InChI=1S/C20H17Cl2N5O2/c1-12-19(25-27(24-12)15-5-2-4-13(21)10-15)20(29)23-17-11-14(7-8-16(17)22)26-9-3-6-18(26)28/h2,4-5,7-8,10-11H,3,6,9H2,1H3,(H,23,29). The molecule has 1 N–H and O–H groups in total. The number of anilines is 2. The van der Waals surface area contributed by atoms with Crippen molar-refractivity contribution >= 4 is 46.4 Å². The van der Waals surface area contributed by atoms with Gasteiger partial charge in [0.2, 0.25) is 5.91 Å². The molecule has 1 fully saturated rings. The second kappa shape index (κ2) is 7.85. The molecular weight excluding hydrogens is 413 g/mol. The maximum absolute atomic E-state index is 12.8. The summed E-state index contributed by atoms with van der Waals surface area (Å²) in [5, 5.41) is 12.3. The fourth-order valence-electron chi connectivity index (χ4n) is 3.18. The molecule has 29 heavy (non-hydrogen) atoms. The Labute approximate surface area is 177 Å². The Morgan fingerprint density at radius 1 is 1.10 bits per heavy atom. The lowest BCUT2D eigenvalue weighted by atomic mass is 10.2. The van der Waals surface area contributed by atoms with Crippen molar-refractivity contribution in [3.05, 3.63) is 63.9 Å². The number of hydrogen-bond acceptors (Lipinski definition) is 4. The Morgan fingerprint density at radius 2 is 1.93 bits per heavy atom. The second-order valence-electron chi connectivity index (χ2n) is 6.67. The van der Waals surface area contributed by atoms with Crippen LogP contribution in [0.4, 0.5) is 11.4 Å². The Kier molecular flexibility index (Phi) is 5.25. The first-order valence-corrected chi connectivity index (χ1v) is 9.79. The van der Waals surface area contributed by atoms with Gasteiger partial charge in [0, 0.05) is 23.7 Å². The van der Waals surface area contributed by atoms with Crippen LogP contribution in [0.3, 0.4) is 0 Å². The summed E-state index contributed by atoms with van der Waals surface area (Å²) in [5.41, 5.74) is 2.39. The number of carbonyl (C=O) groups excluding carboxylic acids is 2. The first kappa shape index (κ1) is 19.4. The highest BCUT2D eigenvalue weighted by Gasteiger charge is 2.23. The lowest BCUT2D eigenvalue weighted by Gasteiger charge is -2.17. The number of halogens is 2. The lowest BCUT2D eigenvalue weighted by Crippen LogP contribution is -2.24. The molecule has 2 heterocycles. The minimum atomic E-state index is -0.442. The molecule has 1 aliphatic rings. The van der Waals surface area contributed by atoms with Gasteiger partial charge < -0.3 is 10.2 Å². The van der Waals surface area contributed by atoms with E-state index in [9.17, 15) is 9.59 Å². The minimum absolute atomic E-state index is 0.0601. The Morgan fingerprint density at radius 3 is 2.66 bits per heavy atom. The molecular formula is C20H17Cl2N5O2. The van der Waals surface area contributed by atoms with Crippen molar-refractivity contribution in [1.29, 1.82) is 0 Å². The zero-order chi connectivity index (χ0) is 20.5. The number of aryl methyl sites for hydroxylation is 1. The zero-order valence-electron chi connectivity index (χ0n) is 15.5. The van der Waals surface area contributed by atoms with E-state index in [-0.39, 0.29) is 11.6 Å². The van der Waals surface area contributed by atoms with Crippen LogP contribution in [-0.4, -0.2) is 33.4 Å². The Hall–Kier alpha value is -2.90. The number of amides is 2. The molecule has 9 heteroatoms. The van der Waals surface area contributed by atoms with Gasteiger partial charge in [0.15, 0.2) is 5.69 Å². The van der Waals surface area contributed by atoms with Crippen molar-refractivity contribution in [2.45, 2.75) is 19.8 Å². The third kappa shape index (κ3) is 3.97. The monoisotopic (exact) mass is 429 g/mol. The maximum atomic E-state index is 12.8. The van der Waals surface area contributed by atoms with E-state index in [0.717, 1.165) is 6.42 Å².